The highest BCUT2D eigenvalue weighted by atomic mass is 15.2. The van der Waals surface area contributed by atoms with E-state index in [1.807, 2.05) is 25.4 Å². The van der Waals surface area contributed by atoms with Gasteiger partial charge in [0.25, 0.3) is 0 Å². The van der Waals surface area contributed by atoms with Crippen molar-refractivity contribution in [1.29, 1.82) is 5.41 Å². The predicted octanol–water partition coefficient (Wildman–Crippen LogP) is 1.87. The molecule has 4 heteroatoms. The summed E-state index contributed by atoms with van der Waals surface area (Å²) in [6, 6.07) is 4.10. The quantitative estimate of drug-likeness (QED) is 0.787. The molecule has 1 aliphatic heterocycles. The van der Waals surface area contributed by atoms with E-state index in [-0.39, 0.29) is 0 Å². The van der Waals surface area contributed by atoms with Gasteiger partial charge >= 0.3 is 0 Å². The van der Waals surface area contributed by atoms with Crippen LogP contribution in [0, 0.1) is 12.3 Å². The average Bonchev–Trinajstić information content (AvgIpc) is 2.84. The van der Waals surface area contributed by atoms with Crippen LogP contribution in [-0.2, 0) is 0 Å². The maximum Gasteiger partial charge on any atom is 0.153 e. The fraction of sp³-hybridized carbons (Fsp3) is 0.333. The molecule has 1 aliphatic rings. The van der Waals surface area contributed by atoms with Gasteiger partial charge in [-0.05, 0) is 19.1 Å². The SMILES string of the molecule is Cc1cn2cccc2c(N2CCC(=N)C2)n1. The lowest BCUT2D eigenvalue weighted by Gasteiger charge is -2.17. The molecule has 3 rings (SSSR count). The Morgan fingerprint density at radius 3 is 3.06 bits per heavy atom. The van der Waals surface area contributed by atoms with Gasteiger partial charge in [-0.2, -0.15) is 0 Å². The lowest BCUT2D eigenvalue weighted by molar-refractivity contribution is 0.922. The molecule has 4 nitrogen and oxygen atoms in total. The number of fused-ring (bicyclic) bond motifs is 1. The minimum absolute atomic E-state index is 0.720. The summed E-state index contributed by atoms with van der Waals surface area (Å²) in [5.74, 6) is 1.01. The van der Waals surface area contributed by atoms with Crippen molar-refractivity contribution in [2.45, 2.75) is 13.3 Å². The van der Waals surface area contributed by atoms with Crippen molar-refractivity contribution >= 4 is 17.0 Å². The van der Waals surface area contributed by atoms with Gasteiger partial charge in [-0.25, -0.2) is 4.98 Å². The largest absolute Gasteiger partial charge is 0.349 e. The van der Waals surface area contributed by atoms with Gasteiger partial charge in [0.1, 0.15) is 0 Å². The third kappa shape index (κ3) is 1.38. The van der Waals surface area contributed by atoms with E-state index in [4.69, 9.17) is 5.41 Å². The highest BCUT2D eigenvalue weighted by molar-refractivity contribution is 5.90. The van der Waals surface area contributed by atoms with E-state index >= 15 is 0 Å². The van der Waals surface area contributed by atoms with Crippen molar-refractivity contribution < 1.29 is 0 Å². The van der Waals surface area contributed by atoms with Crippen molar-refractivity contribution in [1.82, 2.24) is 9.38 Å². The van der Waals surface area contributed by atoms with Gasteiger partial charge < -0.3 is 14.7 Å². The summed E-state index contributed by atoms with van der Waals surface area (Å²) in [7, 11) is 0. The summed E-state index contributed by atoms with van der Waals surface area (Å²) in [5.41, 5.74) is 2.94. The highest BCUT2D eigenvalue weighted by Crippen LogP contribution is 2.23. The molecule has 0 saturated carbocycles. The second kappa shape index (κ2) is 3.33. The fourth-order valence-corrected chi connectivity index (χ4v) is 2.22. The Morgan fingerprint density at radius 2 is 2.31 bits per heavy atom. The fourth-order valence-electron chi connectivity index (χ4n) is 2.22. The van der Waals surface area contributed by atoms with Gasteiger partial charge in [0.05, 0.1) is 17.8 Å². The summed E-state index contributed by atoms with van der Waals surface area (Å²) in [4.78, 5) is 6.78. The van der Waals surface area contributed by atoms with Gasteiger partial charge in [0, 0.05) is 31.1 Å². The van der Waals surface area contributed by atoms with Crippen LogP contribution in [0.2, 0.25) is 0 Å². The molecule has 1 saturated heterocycles. The Balaban J connectivity index is 2.14. The zero-order valence-corrected chi connectivity index (χ0v) is 9.27. The van der Waals surface area contributed by atoms with E-state index in [9.17, 15) is 0 Å². The summed E-state index contributed by atoms with van der Waals surface area (Å²) < 4.78 is 2.10. The Kier molecular flexibility index (Phi) is 1.96. The average molecular weight is 214 g/mol. The van der Waals surface area contributed by atoms with Gasteiger partial charge in [-0.15, -0.1) is 0 Å². The zero-order valence-electron chi connectivity index (χ0n) is 9.27. The topological polar surface area (TPSA) is 44.4 Å². The third-order valence-corrected chi connectivity index (χ3v) is 2.98. The minimum atomic E-state index is 0.720. The van der Waals surface area contributed by atoms with Gasteiger partial charge in [-0.3, -0.25) is 0 Å². The normalized spacial score (nSPS) is 16.3. The number of aromatic nitrogens is 2. The molecule has 0 spiro atoms. The van der Waals surface area contributed by atoms with E-state index < -0.39 is 0 Å². The zero-order chi connectivity index (χ0) is 11.1. The molecule has 82 valence electrons. The predicted molar refractivity (Wildman–Crippen MR) is 64.5 cm³/mol. The highest BCUT2D eigenvalue weighted by Gasteiger charge is 2.20. The summed E-state index contributed by atoms with van der Waals surface area (Å²) in [5, 5.41) is 7.68. The number of hydrogen-bond acceptors (Lipinski definition) is 3. The molecule has 1 N–H and O–H groups in total. The summed E-state index contributed by atoms with van der Waals surface area (Å²) in [6.45, 7) is 3.64. The minimum Gasteiger partial charge on any atom is -0.349 e. The molecule has 0 aliphatic carbocycles. The molecule has 0 atom stereocenters. The van der Waals surface area contributed by atoms with E-state index in [1.54, 1.807) is 0 Å². The van der Waals surface area contributed by atoms with E-state index in [2.05, 4.69) is 20.4 Å². The first-order valence-electron chi connectivity index (χ1n) is 5.49. The number of nitrogens with one attached hydrogen (secondary N) is 1. The number of rotatable bonds is 1. The van der Waals surface area contributed by atoms with Crippen LogP contribution in [0.3, 0.4) is 0 Å². The van der Waals surface area contributed by atoms with Gasteiger partial charge in [-0.1, -0.05) is 0 Å². The monoisotopic (exact) mass is 214 g/mol. The van der Waals surface area contributed by atoms with Crippen molar-refractivity contribution in [2.75, 3.05) is 18.0 Å². The molecule has 0 radical (unpaired) electrons. The molecule has 16 heavy (non-hydrogen) atoms. The van der Waals surface area contributed by atoms with Crippen molar-refractivity contribution in [3.05, 3.63) is 30.2 Å². The van der Waals surface area contributed by atoms with E-state index in [0.29, 0.717) is 0 Å². The van der Waals surface area contributed by atoms with Crippen LogP contribution >= 0.6 is 0 Å². The summed E-state index contributed by atoms with van der Waals surface area (Å²) >= 11 is 0. The lowest BCUT2D eigenvalue weighted by Crippen LogP contribution is -2.21. The van der Waals surface area contributed by atoms with E-state index in [1.165, 1.54) is 0 Å². The molecular weight excluding hydrogens is 200 g/mol. The molecule has 1 fully saturated rings. The summed E-state index contributed by atoms with van der Waals surface area (Å²) in [6.07, 6.45) is 4.93. The molecular formula is C12H14N4. The van der Waals surface area contributed by atoms with Crippen LogP contribution in [0.15, 0.2) is 24.5 Å². The Bertz CT molecular complexity index is 555. The van der Waals surface area contributed by atoms with Crippen molar-refractivity contribution in [3.8, 4) is 0 Å². The molecule has 2 aromatic heterocycles. The van der Waals surface area contributed by atoms with Crippen LogP contribution < -0.4 is 4.90 Å². The van der Waals surface area contributed by atoms with Crippen LogP contribution in [0.5, 0.6) is 0 Å². The maximum absolute atomic E-state index is 7.68. The molecule has 3 heterocycles. The first-order valence-corrected chi connectivity index (χ1v) is 5.49. The smallest absolute Gasteiger partial charge is 0.153 e. The third-order valence-electron chi connectivity index (χ3n) is 2.98. The second-order valence-electron chi connectivity index (χ2n) is 4.28. The standard InChI is InChI=1S/C12H14N4/c1-9-7-15-5-2-3-11(15)12(14-9)16-6-4-10(13)8-16/h2-3,5,7,13H,4,6,8H2,1H3. The first kappa shape index (κ1) is 9.39. The molecule has 0 amide bonds. The van der Waals surface area contributed by atoms with Crippen molar-refractivity contribution in [2.24, 2.45) is 0 Å². The second-order valence-corrected chi connectivity index (χ2v) is 4.28. The maximum atomic E-state index is 7.68. The lowest BCUT2D eigenvalue weighted by atomic mass is 10.3. The van der Waals surface area contributed by atoms with E-state index in [0.717, 1.165) is 42.3 Å². The number of hydrogen-bond donors (Lipinski definition) is 1. The van der Waals surface area contributed by atoms with Gasteiger partial charge in [0.15, 0.2) is 5.82 Å². The van der Waals surface area contributed by atoms with Crippen molar-refractivity contribution in [3.63, 3.8) is 0 Å². The molecule has 0 bridgehead atoms. The Morgan fingerprint density at radius 1 is 1.44 bits per heavy atom. The molecule has 0 aromatic carbocycles. The first-order chi connectivity index (χ1) is 7.74. The Labute approximate surface area is 94.0 Å². The van der Waals surface area contributed by atoms with Crippen LogP contribution in [0.25, 0.3) is 5.52 Å². The van der Waals surface area contributed by atoms with Crippen LogP contribution in [-0.4, -0.2) is 28.2 Å². The molecule has 0 unspecified atom stereocenters. The number of anilines is 1. The van der Waals surface area contributed by atoms with Crippen LogP contribution in [0.4, 0.5) is 5.82 Å². The Hall–Kier alpha value is -1.84. The van der Waals surface area contributed by atoms with Crippen LogP contribution in [0.1, 0.15) is 12.1 Å². The molecule has 2 aromatic rings. The van der Waals surface area contributed by atoms with Gasteiger partial charge in [0.2, 0.25) is 0 Å². The number of aryl methyl sites for hydroxylation is 1. The number of nitrogens with zero attached hydrogens (tertiary/aromatic N) is 3.